The minimum absolute atomic E-state index is 0.123. The molecule has 0 radical (unpaired) electrons. The summed E-state index contributed by atoms with van der Waals surface area (Å²) < 4.78 is 12.9. The predicted molar refractivity (Wildman–Crippen MR) is 67.7 cm³/mol. The SMILES string of the molecule is CCCC(Cl)CNCc1cc(F)ccc1Cl. The highest BCUT2D eigenvalue weighted by Gasteiger charge is 2.05. The summed E-state index contributed by atoms with van der Waals surface area (Å²) in [6.07, 6.45) is 2.04. The summed E-state index contributed by atoms with van der Waals surface area (Å²) in [6, 6.07) is 4.36. The molecule has 0 heterocycles. The molecular weight excluding hydrogens is 248 g/mol. The van der Waals surface area contributed by atoms with Crippen LogP contribution in [-0.4, -0.2) is 11.9 Å². The Hall–Kier alpha value is -0.310. The largest absolute Gasteiger partial charge is 0.311 e. The molecular formula is C12H16Cl2FN. The van der Waals surface area contributed by atoms with Crippen LogP contribution in [-0.2, 0) is 6.54 Å². The second kappa shape index (κ2) is 7.10. The number of hydrogen-bond acceptors (Lipinski definition) is 1. The number of nitrogens with one attached hydrogen (secondary N) is 1. The first-order valence-corrected chi connectivity index (χ1v) is 6.23. The summed E-state index contributed by atoms with van der Waals surface area (Å²) in [7, 11) is 0. The second-order valence-electron chi connectivity index (χ2n) is 3.75. The van der Waals surface area contributed by atoms with Crippen molar-refractivity contribution in [1.29, 1.82) is 0 Å². The van der Waals surface area contributed by atoms with Gasteiger partial charge in [-0.25, -0.2) is 4.39 Å². The molecule has 0 saturated heterocycles. The smallest absolute Gasteiger partial charge is 0.123 e. The Morgan fingerprint density at radius 3 is 2.88 bits per heavy atom. The van der Waals surface area contributed by atoms with Gasteiger partial charge in [-0.05, 0) is 30.2 Å². The van der Waals surface area contributed by atoms with Gasteiger partial charge in [0.1, 0.15) is 5.82 Å². The van der Waals surface area contributed by atoms with E-state index >= 15 is 0 Å². The van der Waals surface area contributed by atoms with Crippen molar-refractivity contribution in [2.75, 3.05) is 6.54 Å². The summed E-state index contributed by atoms with van der Waals surface area (Å²) in [4.78, 5) is 0. The van der Waals surface area contributed by atoms with Crippen molar-refractivity contribution >= 4 is 23.2 Å². The van der Waals surface area contributed by atoms with Crippen molar-refractivity contribution in [2.24, 2.45) is 0 Å². The van der Waals surface area contributed by atoms with Gasteiger partial charge < -0.3 is 5.32 Å². The number of benzene rings is 1. The lowest BCUT2D eigenvalue weighted by Crippen LogP contribution is -2.22. The fraction of sp³-hybridized carbons (Fsp3) is 0.500. The standard InChI is InChI=1S/C12H16Cl2FN/c1-2-3-10(13)8-16-7-9-6-11(15)4-5-12(9)14/h4-6,10,16H,2-3,7-8H2,1H3. The Labute approximate surface area is 106 Å². The first-order chi connectivity index (χ1) is 7.63. The molecule has 1 aromatic rings. The van der Waals surface area contributed by atoms with Crippen molar-refractivity contribution in [2.45, 2.75) is 31.7 Å². The molecule has 0 bridgehead atoms. The van der Waals surface area contributed by atoms with Crippen LogP contribution >= 0.6 is 23.2 Å². The van der Waals surface area contributed by atoms with Crippen molar-refractivity contribution in [3.05, 3.63) is 34.6 Å². The van der Waals surface area contributed by atoms with Gasteiger partial charge in [-0.15, -0.1) is 11.6 Å². The van der Waals surface area contributed by atoms with Gasteiger partial charge in [0.05, 0.1) is 0 Å². The third-order valence-corrected chi connectivity index (χ3v) is 3.03. The molecule has 0 fully saturated rings. The topological polar surface area (TPSA) is 12.0 Å². The van der Waals surface area contributed by atoms with Gasteiger partial charge in [-0.1, -0.05) is 24.9 Å². The average Bonchev–Trinajstić information content (AvgIpc) is 2.23. The van der Waals surface area contributed by atoms with Gasteiger partial charge in [0, 0.05) is 23.5 Å². The van der Waals surface area contributed by atoms with Crippen LogP contribution in [0.3, 0.4) is 0 Å². The fourth-order valence-electron chi connectivity index (χ4n) is 1.46. The molecule has 0 amide bonds. The fourth-order valence-corrected chi connectivity index (χ4v) is 1.97. The second-order valence-corrected chi connectivity index (χ2v) is 4.78. The van der Waals surface area contributed by atoms with Crippen LogP contribution in [0, 0.1) is 5.82 Å². The maximum absolute atomic E-state index is 12.9. The van der Waals surface area contributed by atoms with E-state index in [1.165, 1.54) is 12.1 Å². The number of hydrogen-bond donors (Lipinski definition) is 1. The average molecular weight is 264 g/mol. The summed E-state index contributed by atoms with van der Waals surface area (Å²) in [6.45, 7) is 3.35. The minimum Gasteiger partial charge on any atom is -0.311 e. The molecule has 0 aliphatic heterocycles. The zero-order valence-corrected chi connectivity index (χ0v) is 10.8. The van der Waals surface area contributed by atoms with Crippen LogP contribution in [0.1, 0.15) is 25.3 Å². The summed E-state index contributed by atoms with van der Waals surface area (Å²) >= 11 is 12.0. The molecule has 0 spiro atoms. The van der Waals surface area contributed by atoms with Crippen LogP contribution < -0.4 is 5.32 Å². The number of alkyl halides is 1. The molecule has 0 aromatic heterocycles. The van der Waals surface area contributed by atoms with E-state index in [1.807, 2.05) is 0 Å². The highest BCUT2D eigenvalue weighted by molar-refractivity contribution is 6.31. The zero-order valence-electron chi connectivity index (χ0n) is 9.27. The van der Waals surface area contributed by atoms with Crippen LogP contribution in [0.15, 0.2) is 18.2 Å². The van der Waals surface area contributed by atoms with Gasteiger partial charge in [0.2, 0.25) is 0 Å². The van der Waals surface area contributed by atoms with Crippen LogP contribution in [0.2, 0.25) is 5.02 Å². The third-order valence-electron chi connectivity index (χ3n) is 2.29. The van der Waals surface area contributed by atoms with Crippen molar-refractivity contribution < 1.29 is 4.39 Å². The molecule has 1 atom stereocenters. The Morgan fingerprint density at radius 1 is 1.44 bits per heavy atom. The lowest BCUT2D eigenvalue weighted by Gasteiger charge is -2.10. The maximum atomic E-state index is 12.9. The molecule has 1 rings (SSSR count). The van der Waals surface area contributed by atoms with Crippen molar-refractivity contribution in [3.8, 4) is 0 Å². The lowest BCUT2D eigenvalue weighted by molar-refractivity contribution is 0.608. The van der Waals surface area contributed by atoms with E-state index < -0.39 is 0 Å². The van der Waals surface area contributed by atoms with Crippen LogP contribution in [0.5, 0.6) is 0 Å². The molecule has 90 valence electrons. The van der Waals surface area contributed by atoms with E-state index in [4.69, 9.17) is 23.2 Å². The molecule has 0 saturated carbocycles. The molecule has 1 unspecified atom stereocenters. The number of halogens is 3. The van der Waals surface area contributed by atoms with E-state index in [0.29, 0.717) is 18.1 Å². The highest BCUT2D eigenvalue weighted by Crippen LogP contribution is 2.16. The van der Waals surface area contributed by atoms with Crippen molar-refractivity contribution in [1.82, 2.24) is 5.32 Å². The quantitative estimate of drug-likeness (QED) is 0.766. The van der Waals surface area contributed by atoms with Gasteiger partial charge in [0.25, 0.3) is 0 Å². The monoisotopic (exact) mass is 263 g/mol. The Bertz CT molecular complexity index is 331. The molecule has 16 heavy (non-hydrogen) atoms. The third kappa shape index (κ3) is 4.69. The zero-order chi connectivity index (χ0) is 12.0. The molecule has 0 aliphatic carbocycles. The van der Waals surface area contributed by atoms with Crippen molar-refractivity contribution in [3.63, 3.8) is 0 Å². The molecule has 0 aliphatic rings. The Kier molecular flexibility index (Phi) is 6.10. The van der Waals surface area contributed by atoms with Gasteiger partial charge >= 0.3 is 0 Å². The molecule has 1 nitrogen and oxygen atoms in total. The Morgan fingerprint density at radius 2 is 2.19 bits per heavy atom. The van der Waals surface area contributed by atoms with E-state index in [2.05, 4.69) is 12.2 Å². The van der Waals surface area contributed by atoms with E-state index in [1.54, 1.807) is 6.07 Å². The molecule has 1 N–H and O–H groups in total. The van der Waals surface area contributed by atoms with E-state index in [9.17, 15) is 4.39 Å². The van der Waals surface area contributed by atoms with Crippen LogP contribution in [0.4, 0.5) is 4.39 Å². The molecule has 4 heteroatoms. The first-order valence-electron chi connectivity index (χ1n) is 5.42. The van der Waals surface area contributed by atoms with Gasteiger partial charge in [0.15, 0.2) is 0 Å². The maximum Gasteiger partial charge on any atom is 0.123 e. The minimum atomic E-state index is -0.266. The Balaban J connectivity index is 2.39. The number of rotatable bonds is 6. The normalized spacial score (nSPS) is 12.8. The van der Waals surface area contributed by atoms with Gasteiger partial charge in [-0.3, -0.25) is 0 Å². The van der Waals surface area contributed by atoms with Gasteiger partial charge in [-0.2, -0.15) is 0 Å². The predicted octanol–water partition coefficient (Wildman–Crippen LogP) is 3.98. The van der Waals surface area contributed by atoms with Crippen LogP contribution in [0.25, 0.3) is 0 Å². The summed E-state index contributed by atoms with van der Waals surface area (Å²) in [5, 5.41) is 3.87. The first kappa shape index (κ1) is 13.8. The van der Waals surface area contributed by atoms with E-state index in [0.717, 1.165) is 18.4 Å². The summed E-state index contributed by atoms with van der Waals surface area (Å²) in [5.41, 5.74) is 0.766. The lowest BCUT2D eigenvalue weighted by atomic mass is 10.2. The van der Waals surface area contributed by atoms with E-state index in [-0.39, 0.29) is 11.2 Å². The highest BCUT2D eigenvalue weighted by atomic mass is 35.5. The molecule has 1 aromatic carbocycles. The summed E-state index contributed by atoms with van der Waals surface area (Å²) in [5.74, 6) is -0.266.